The molecule has 3 aromatic rings. The van der Waals surface area contributed by atoms with Crippen molar-refractivity contribution in [2.75, 3.05) is 25.0 Å². The van der Waals surface area contributed by atoms with Gasteiger partial charge in [0.1, 0.15) is 5.75 Å². The van der Waals surface area contributed by atoms with Crippen LogP contribution in [0, 0.1) is 0 Å². The number of aromatic nitrogens is 2. The molecule has 3 rings (SSSR count). The molecule has 150 valence electrons. The highest BCUT2D eigenvalue weighted by atomic mass is 16.3. The molecule has 0 radical (unpaired) electrons. The summed E-state index contributed by atoms with van der Waals surface area (Å²) in [6, 6.07) is 16.3. The highest BCUT2D eigenvalue weighted by Gasteiger charge is 2.08. The number of anilines is 1. The zero-order valence-corrected chi connectivity index (χ0v) is 16.1. The van der Waals surface area contributed by atoms with Gasteiger partial charge in [-0.3, -0.25) is 4.79 Å². The van der Waals surface area contributed by atoms with Crippen LogP contribution >= 0.6 is 0 Å². The second-order valence-electron chi connectivity index (χ2n) is 6.59. The number of phenolic OH excluding ortho intramolecular Hbond substituents is 1. The first-order valence-electron chi connectivity index (χ1n) is 9.59. The van der Waals surface area contributed by atoms with E-state index < -0.39 is 0 Å². The number of benzene rings is 2. The van der Waals surface area contributed by atoms with Gasteiger partial charge >= 0.3 is 0 Å². The zero-order valence-electron chi connectivity index (χ0n) is 16.1. The molecule has 0 aliphatic rings. The lowest BCUT2D eigenvalue weighted by Gasteiger charge is -2.09. The van der Waals surface area contributed by atoms with Gasteiger partial charge in [-0.05, 0) is 55.3 Å². The molecule has 7 nitrogen and oxygen atoms in total. The van der Waals surface area contributed by atoms with Gasteiger partial charge in [0.15, 0.2) is 0 Å². The first-order chi connectivity index (χ1) is 14.2. The average Bonchev–Trinajstić information content (AvgIpc) is 2.75. The molecule has 0 fully saturated rings. The third-order valence-corrected chi connectivity index (χ3v) is 4.38. The number of aromatic hydroxyl groups is 1. The molecule has 5 N–H and O–H groups in total. The highest BCUT2D eigenvalue weighted by molar-refractivity contribution is 5.95. The van der Waals surface area contributed by atoms with E-state index in [0.29, 0.717) is 31.1 Å². The molecule has 1 amide bonds. The van der Waals surface area contributed by atoms with E-state index in [2.05, 4.69) is 20.6 Å². The molecule has 0 aliphatic heterocycles. The van der Waals surface area contributed by atoms with Gasteiger partial charge in [-0.25, -0.2) is 9.97 Å². The molecular formula is C22H25N5O2. The summed E-state index contributed by atoms with van der Waals surface area (Å²) < 4.78 is 0. The molecule has 7 heteroatoms. The minimum absolute atomic E-state index is 0.124. The van der Waals surface area contributed by atoms with Gasteiger partial charge in [0, 0.05) is 30.4 Å². The summed E-state index contributed by atoms with van der Waals surface area (Å²) in [5.41, 5.74) is 8.74. The van der Waals surface area contributed by atoms with E-state index in [1.54, 1.807) is 24.4 Å². The predicted molar refractivity (Wildman–Crippen MR) is 114 cm³/mol. The van der Waals surface area contributed by atoms with Gasteiger partial charge in [0.25, 0.3) is 5.91 Å². The van der Waals surface area contributed by atoms with Crippen LogP contribution in [0.5, 0.6) is 5.75 Å². The molecule has 29 heavy (non-hydrogen) atoms. The number of nitrogens with zero attached hydrogens (tertiary/aromatic N) is 2. The molecule has 0 saturated heterocycles. The Morgan fingerprint density at radius 1 is 1.07 bits per heavy atom. The molecule has 0 atom stereocenters. The van der Waals surface area contributed by atoms with Crippen molar-refractivity contribution in [2.24, 2.45) is 5.73 Å². The fourth-order valence-electron chi connectivity index (χ4n) is 2.81. The van der Waals surface area contributed by atoms with E-state index in [1.165, 1.54) is 0 Å². The SMILES string of the molecule is NCCCNC(=O)c1cccc(-c2ccnc(NCCc3ccc(O)cc3)n2)c1. The number of carbonyl (C=O) groups excluding carboxylic acids is 1. The van der Waals surface area contributed by atoms with Crippen molar-refractivity contribution in [1.29, 1.82) is 0 Å². The van der Waals surface area contributed by atoms with Gasteiger partial charge in [-0.2, -0.15) is 0 Å². The maximum Gasteiger partial charge on any atom is 0.251 e. The first-order valence-corrected chi connectivity index (χ1v) is 9.59. The lowest BCUT2D eigenvalue weighted by atomic mass is 10.1. The van der Waals surface area contributed by atoms with Crippen molar-refractivity contribution >= 4 is 11.9 Å². The van der Waals surface area contributed by atoms with Crippen LogP contribution in [0.15, 0.2) is 60.8 Å². The monoisotopic (exact) mass is 391 g/mol. The number of rotatable bonds is 9. The van der Waals surface area contributed by atoms with E-state index >= 15 is 0 Å². The Hall–Kier alpha value is -3.45. The van der Waals surface area contributed by atoms with E-state index in [1.807, 2.05) is 36.4 Å². The minimum atomic E-state index is -0.124. The lowest BCUT2D eigenvalue weighted by Crippen LogP contribution is -2.25. The number of carbonyl (C=O) groups is 1. The Kier molecular flexibility index (Phi) is 7.13. The van der Waals surface area contributed by atoms with Crippen LogP contribution < -0.4 is 16.4 Å². The molecule has 0 saturated carbocycles. The van der Waals surface area contributed by atoms with Crippen LogP contribution in [-0.2, 0) is 6.42 Å². The normalized spacial score (nSPS) is 10.5. The summed E-state index contributed by atoms with van der Waals surface area (Å²) in [5.74, 6) is 0.661. The smallest absolute Gasteiger partial charge is 0.251 e. The molecule has 0 spiro atoms. The first kappa shape index (κ1) is 20.3. The zero-order chi connectivity index (χ0) is 20.5. The number of hydrogen-bond acceptors (Lipinski definition) is 6. The molecule has 1 aromatic heterocycles. The van der Waals surface area contributed by atoms with Crippen LogP contribution in [0.1, 0.15) is 22.3 Å². The minimum Gasteiger partial charge on any atom is -0.508 e. The third kappa shape index (κ3) is 6.02. The fourth-order valence-corrected chi connectivity index (χ4v) is 2.81. The van der Waals surface area contributed by atoms with Crippen molar-refractivity contribution in [1.82, 2.24) is 15.3 Å². The van der Waals surface area contributed by atoms with Gasteiger partial charge in [-0.15, -0.1) is 0 Å². The molecule has 0 aliphatic carbocycles. The standard InChI is InChI=1S/C22H25N5O2/c23-11-2-12-24-21(29)18-4-1-3-17(15-18)20-10-14-26-22(27-20)25-13-9-16-5-7-19(28)8-6-16/h1,3-8,10,14-15,28H,2,9,11-13,23H2,(H,24,29)(H,25,26,27). The maximum absolute atomic E-state index is 12.3. The van der Waals surface area contributed by atoms with Crippen LogP contribution in [0.4, 0.5) is 5.95 Å². The molecule has 0 bridgehead atoms. The quantitative estimate of drug-likeness (QED) is 0.417. The average molecular weight is 391 g/mol. The van der Waals surface area contributed by atoms with Gasteiger partial charge < -0.3 is 21.5 Å². The van der Waals surface area contributed by atoms with Crippen molar-refractivity contribution in [2.45, 2.75) is 12.8 Å². The van der Waals surface area contributed by atoms with Crippen LogP contribution in [0.25, 0.3) is 11.3 Å². The molecule has 1 heterocycles. The molecular weight excluding hydrogens is 366 g/mol. The second-order valence-corrected chi connectivity index (χ2v) is 6.59. The predicted octanol–water partition coefficient (Wildman–Crippen LogP) is 2.58. The molecule has 2 aromatic carbocycles. The number of nitrogens with two attached hydrogens (primary N) is 1. The maximum atomic E-state index is 12.3. The summed E-state index contributed by atoms with van der Waals surface area (Å²) in [5, 5.41) is 15.4. The van der Waals surface area contributed by atoms with Crippen molar-refractivity contribution in [3.63, 3.8) is 0 Å². The summed E-state index contributed by atoms with van der Waals surface area (Å²) in [4.78, 5) is 21.1. The van der Waals surface area contributed by atoms with Gasteiger partial charge in [0.05, 0.1) is 5.69 Å². The van der Waals surface area contributed by atoms with E-state index in [0.717, 1.165) is 29.7 Å². The summed E-state index contributed by atoms with van der Waals surface area (Å²) >= 11 is 0. The third-order valence-electron chi connectivity index (χ3n) is 4.38. The Morgan fingerprint density at radius 2 is 1.90 bits per heavy atom. The summed E-state index contributed by atoms with van der Waals surface area (Å²) in [6.45, 7) is 1.77. The Balaban J connectivity index is 1.63. The number of hydrogen-bond donors (Lipinski definition) is 4. The van der Waals surface area contributed by atoms with E-state index in [9.17, 15) is 9.90 Å². The summed E-state index contributed by atoms with van der Waals surface area (Å²) in [7, 11) is 0. The largest absolute Gasteiger partial charge is 0.508 e. The van der Waals surface area contributed by atoms with Gasteiger partial charge in [0.2, 0.25) is 5.95 Å². The van der Waals surface area contributed by atoms with Crippen molar-refractivity contribution in [3.05, 3.63) is 71.9 Å². The Morgan fingerprint density at radius 3 is 2.69 bits per heavy atom. The fraction of sp³-hybridized carbons (Fsp3) is 0.227. The summed E-state index contributed by atoms with van der Waals surface area (Å²) in [6.07, 6.45) is 3.22. The highest BCUT2D eigenvalue weighted by Crippen LogP contribution is 2.19. The van der Waals surface area contributed by atoms with E-state index in [-0.39, 0.29) is 11.7 Å². The van der Waals surface area contributed by atoms with Crippen LogP contribution in [-0.4, -0.2) is 40.6 Å². The van der Waals surface area contributed by atoms with Crippen molar-refractivity contribution in [3.8, 4) is 17.0 Å². The number of nitrogens with one attached hydrogen (secondary N) is 2. The molecule has 0 unspecified atom stereocenters. The van der Waals surface area contributed by atoms with Crippen LogP contribution in [0.3, 0.4) is 0 Å². The number of amides is 1. The van der Waals surface area contributed by atoms with Crippen molar-refractivity contribution < 1.29 is 9.90 Å². The topological polar surface area (TPSA) is 113 Å². The Bertz CT molecular complexity index is 944. The number of phenols is 1. The van der Waals surface area contributed by atoms with E-state index in [4.69, 9.17) is 5.73 Å². The lowest BCUT2D eigenvalue weighted by molar-refractivity contribution is 0.0953. The Labute approximate surface area is 170 Å². The van der Waals surface area contributed by atoms with Crippen LogP contribution in [0.2, 0.25) is 0 Å². The second kappa shape index (κ2) is 10.2. The van der Waals surface area contributed by atoms with Gasteiger partial charge in [-0.1, -0.05) is 24.3 Å².